The minimum atomic E-state index is -4.47. The second-order valence-electron chi connectivity index (χ2n) is 6.26. The molecular formula is C21H18F3NO3S. The van der Waals surface area contributed by atoms with Gasteiger partial charge in [0.25, 0.3) is 0 Å². The molecule has 3 aromatic carbocycles. The van der Waals surface area contributed by atoms with Gasteiger partial charge in [-0.25, -0.2) is 8.42 Å². The van der Waals surface area contributed by atoms with E-state index in [1.807, 2.05) is 0 Å². The maximum Gasteiger partial charge on any atom is 0.416 e. The fourth-order valence-corrected chi connectivity index (χ4v) is 4.05. The summed E-state index contributed by atoms with van der Waals surface area (Å²) in [7, 11) is -2.41. The number of hydrogen-bond donors (Lipinski definition) is 1. The number of methoxy groups -OCH3 is 1. The fraction of sp³-hybridized carbons (Fsp3) is 0.143. The van der Waals surface area contributed by atoms with E-state index in [1.54, 1.807) is 42.5 Å². The van der Waals surface area contributed by atoms with Crippen LogP contribution in [0.4, 0.5) is 13.2 Å². The molecule has 0 spiro atoms. The average Bonchev–Trinajstić information content (AvgIpc) is 2.72. The van der Waals surface area contributed by atoms with E-state index in [0.29, 0.717) is 16.9 Å². The summed E-state index contributed by atoms with van der Waals surface area (Å²) >= 11 is 0. The molecule has 152 valence electrons. The Labute approximate surface area is 167 Å². The van der Waals surface area contributed by atoms with Crippen LogP contribution in [0.25, 0.3) is 0 Å². The van der Waals surface area contributed by atoms with Gasteiger partial charge in [0.2, 0.25) is 10.0 Å². The lowest BCUT2D eigenvalue weighted by Gasteiger charge is -2.21. The SMILES string of the molecule is COc1ccc(C(NS(=O)(=O)c2ccccc2)c2ccc(C(F)(F)F)cc2)cc1. The Balaban J connectivity index is 2.02. The number of rotatable bonds is 6. The highest BCUT2D eigenvalue weighted by molar-refractivity contribution is 7.89. The fourth-order valence-electron chi connectivity index (χ4n) is 2.81. The summed E-state index contributed by atoms with van der Waals surface area (Å²) in [5, 5.41) is 0. The highest BCUT2D eigenvalue weighted by Crippen LogP contribution is 2.32. The van der Waals surface area contributed by atoms with Gasteiger partial charge in [-0.15, -0.1) is 0 Å². The molecule has 29 heavy (non-hydrogen) atoms. The molecule has 0 amide bonds. The zero-order chi connectivity index (χ0) is 21.1. The van der Waals surface area contributed by atoms with E-state index in [2.05, 4.69) is 4.72 Å². The first kappa shape index (κ1) is 20.9. The van der Waals surface area contributed by atoms with Crippen molar-refractivity contribution in [1.82, 2.24) is 4.72 Å². The zero-order valence-corrected chi connectivity index (χ0v) is 16.2. The van der Waals surface area contributed by atoms with Crippen molar-refractivity contribution in [2.45, 2.75) is 17.1 Å². The molecule has 4 nitrogen and oxygen atoms in total. The summed E-state index contributed by atoms with van der Waals surface area (Å²) in [6.07, 6.45) is -4.47. The van der Waals surface area contributed by atoms with Gasteiger partial charge in [0.1, 0.15) is 5.75 Å². The second-order valence-corrected chi connectivity index (χ2v) is 7.97. The molecule has 0 heterocycles. The molecule has 0 fully saturated rings. The van der Waals surface area contributed by atoms with Crippen LogP contribution in [0.2, 0.25) is 0 Å². The monoisotopic (exact) mass is 421 g/mol. The van der Waals surface area contributed by atoms with Crippen LogP contribution in [0.15, 0.2) is 83.8 Å². The maximum absolute atomic E-state index is 12.9. The van der Waals surface area contributed by atoms with E-state index >= 15 is 0 Å². The molecule has 3 aromatic rings. The zero-order valence-electron chi connectivity index (χ0n) is 15.3. The normalized spacial score (nSPS) is 13.1. The van der Waals surface area contributed by atoms with Gasteiger partial charge in [-0.3, -0.25) is 0 Å². The summed E-state index contributed by atoms with van der Waals surface area (Å²) in [5.74, 6) is 0.575. The van der Waals surface area contributed by atoms with Gasteiger partial charge in [0.15, 0.2) is 0 Å². The third-order valence-corrected chi connectivity index (χ3v) is 5.79. The number of halogens is 3. The number of benzene rings is 3. The average molecular weight is 421 g/mol. The Morgan fingerprint density at radius 3 is 1.83 bits per heavy atom. The van der Waals surface area contributed by atoms with Crippen molar-refractivity contribution in [2.24, 2.45) is 0 Å². The molecule has 1 N–H and O–H groups in total. The lowest BCUT2D eigenvalue weighted by atomic mass is 9.98. The third kappa shape index (κ3) is 4.96. The standard InChI is InChI=1S/C21H18F3NO3S/c1-28-18-13-9-16(10-14-18)20(15-7-11-17(12-8-15)21(22,23)24)25-29(26,27)19-5-3-2-4-6-19/h2-14,20,25H,1H3. The Morgan fingerprint density at radius 2 is 1.34 bits per heavy atom. The predicted octanol–water partition coefficient (Wildman–Crippen LogP) is 4.78. The molecule has 0 saturated heterocycles. The number of sulfonamides is 1. The molecule has 0 aliphatic carbocycles. The maximum atomic E-state index is 12.9. The third-order valence-electron chi connectivity index (χ3n) is 4.35. The van der Waals surface area contributed by atoms with E-state index < -0.39 is 27.8 Å². The minimum Gasteiger partial charge on any atom is -0.497 e. The van der Waals surface area contributed by atoms with Gasteiger partial charge in [0, 0.05) is 0 Å². The van der Waals surface area contributed by atoms with Crippen LogP contribution in [0, 0.1) is 0 Å². The van der Waals surface area contributed by atoms with Crippen molar-refractivity contribution in [2.75, 3.05) is 7.11 Å². The summed E-state index contributed by atoms with van der Waals surface area (Å²) < 4.78 is 72.0. The Morgan fingerprint density at radius 1 is 0.828 bits per heavy atom. The van der Waals surface area contributed by atoms with E-state index in [-0.39, 0.29) is 4.90 Å². The lowest BCUT2D eigenvalue weighted by Crippen LogP contribution is -2.29. The van der Waals surface area contributed by atoms with Crippen LogP contribution in [0.3, 0.4) is 0 Å². The van der Waals surface area contributed by atoms with Gasteiger partial charge >= 0.3 is 6.18 Å². The van der Waals surface area contributed by atoms with Crippen LogP contribution < -0.4 is 9.46 Å². The highest BCUT2D eigenvalue weighted by Gasteiger charge is 2.31. The molecule has 0 aliphatic heterocycles. The molecule has 0 saturated carbocycles. The van der Waals surface area contributed by atoms with Crippen molar-refractivity contribution in [1.29, 1.82) is 0 Å². The van der Waals surface area contributed by atoms with E-state index in [4.69, 9.17) is 4.74 Å². The van der Waals surface area contributed by atoms with E-state index in [0.717, 1.165) is 12.1 Å². The molecule has 8 heteroatoms. The molecular weight excluding hydrogens is 403 g/mol. The second kappa shape index (κ2) is 8.26. The minimum absolute atomic E-state index is 0.0606. The van der Waals surface area contributed by atoms with Crippen LogP contribution >= 0.6 is 0 Å². The Bertz CT molecular complexity index is 1050. The van der Waals surface area contributed by atoms with E-state index in [9.17, 15) is 21.6 Å². The number of hydrogen-bond acceptors (Lipinski definition) is 3. The van der Waals surface area contributed by atoms with Gasteiger partial charge in [0.05, 0.1) is 23.6 Å². The van der Waals surface area contributed by atoms with Crippen molar-refractivity contribution in [3.63, 3.8) is 0 Å². The molecule has 3 rings (SSSR count). The number of alkyl halides is 3. The Kier molecular flexibility index (Phi) is 5.95. The topological polar surface area (TPSA) is 55.4 Å². The lowest BCUT2D eigenvalue weighted by molar-refractivity contribution is -0.137. The summed E-state index contributed by atoms with van der Waals surface area (Å²) in [4.78, 5) is 0.0606. The number of nitrogens with one attached hydrogen (secondary N) is 1. The van der Waals surface area contributed by atoms with Crippen molar-refractivity contribution in [3.05, 3.63) is 95.6 Å². The highest BCUT2D eigenvalue weighted by atomic mass is 32.2. The molecule has 0 aromatic heterocycles. The first-order chi connectivity index (χ1) is 13.7. The summed E-state index contributed by atoms with van der Waals surface area (Å²) in [6, 6.07) is 17.9. The first-order valence-electron chi connectivity index (χ1n) is 8.59. The van der Waals surface area contributed by atoms with Crippen molar-refractivity contribution >= 4 is 10.0 Å². The van der Waals surface area contributed by atoms with Crippen molar-refractivity contribution in [3.8, 4) is 5.75 Å². The molecule has 0 aliphatic rings. The van der Waals surface area contributed by atoms with Crippen molar-refractivity contribution < 1.29 is 26.3 Å². The van der Waals surface area contributed by atoms with E-state index in [1.165, 1.54) is 31.4 Å². The van der Waals surface area contributed by atoms with Gasteiger partial charge < -0.3 is 4.74 Å². The van der Waals surface area contributed by atoms with Crippen LogP contribution in [0.5, 0.6) is 5.75 Å². The smallest absolute Gasteiger partial charge is 0.416 e. The summed E-state index contributed by atoms with van der Waals surface area (Å²) in [6.45, 7) is 0. The van der Waals surface area contributed by atoms with Gasteiger partial charge in [-0.05, 0) is 47.5 Å². The molecule has 1 atom stereocenters. The quantitative estimate of drug-likeness (QED) is 0.623. The molecule has 0 radical (unpaired) electrons. The van der Waals surface area contributed by atoms with Crippen LogP contribution in [0.1, 0.15) is 22.7 Å². The Hall–Kier alpha value is -2.84. The number of ether oxygens (including phenoxy) is 1. The van der Waals surface area contributed by atoms with Crippen LogP contribution in [-0.2, 0) is 16.2 Å². The molecule has 1 unspecified atom stereocenters. The van der Waals surface area contributed by atoms with Crippen LogP contribution in [-0.4, -0.2) is 15.5 Å². The largest absolute Gasteiger partial charge is 0.497 e. The summed E-state index contributed by atoms with van der Waals surface area (Å²) in [5.41, 5.74) is 0.133. The molecule has 0 bridgehead atoms. The van der Waals surface area contributed by atoms with Gasteiger partial charge in [-0.2, -0.15) is 17.9 Å². The predicted molar refractivity (Wildman–Crippen MR) is 103 cm³/mol. The van der Waals surface area contributed by atoms with Gasteiger partial charge in [-0.1, -0.05) is 42.5 Å². The first-order valence-corrected chi connectivity index (χ1v) is 10.1.